The van der Waals surface area contributed by atoms with Gasteiger partial charge in [0.25, 0.3) is 0 Å². The molecule has 45 heavy (non-hydrogen) atoms. The van der Waals surface area contributed by atoms with Crippen molar-refractivity contribution in [1.29, 1.82) is 0 Å². The normalized spacial score (nSPS) is 11.2. The van der Waals surface area contributed by atoms with Crippen LogP contribution >= 0.6 is 94.1 Å². The zero-order valence-electron chi connectivity index (χ0n) is 26.1. The van der Waals surface area contributed by atoms with E-state index in [1.165, 1.54) is 0 Å². The molecule has 18 heteroatoms. The van der Waals surface area contributed by atoms with E-state index in [1.807, 2.05) is 23.5 Å². The molecule has 0 atom stereocenters. The summed E-state index contributed by atoms with van der Waals surface area (Å²) in [4.78, 5) is 44.0. The van der Waals surface area contributed by atoms with Gasteiger partial charge in [-0.15, -0.1) is 35.3 Å². The highest BCUT2D eigenvalue weighted by Gasteiger charge is 2.04. The second-order valence-corrected chi connectivity index (χ2v) is 18.6. The Labute approximate surface area is 304 Å². The summed E-state index contributed by atoms with van der Waals surface area (Å²) in [7, 11) is 0. The molecule has 0 rings (SSSR count). The molecule has 0 heterocycles. The fourth-order valence-corrected chi connectivity index (χ4v) is 9.56. The van der Waals surface area contributed by atoms with E-state index in [0.29, 0.717) is 64.0 Å². The number of rotatable bonds is 38. The van der Waals surface area contributed by atoms with E-state index in [-0.39, 0.29) is 25.2 Å². The lowest BCUT2D eigenvalue weighted by atomic mass is 10.5. The SMILES string of the molecule is O=C(CCSCCO)OCCSCSCCCOOCCSCSCCOC(=O)CCSCSCCCOOCCSCCO. The van der Waals surface area contributed by atoms with E-state index in [1.54, 1.807) is 70.6 Å². The van der Waals surface area contributed by atoms with Crippen molar-refractivity contribution in [3.05, 3.63) is 0 Å². The lowest BCUT2D eigenvalue weighted by molar-refractivity contribution is -0.289. The van der Waals surface area contributed by atoms with Crippen LogP contribution in [0.25, 0.3) is 0 Å². The second kappa shape index (κ2) is 41.7. The summed E-state index contributed by atoms with van der Waals surface area (Å²) in [5.74, 6) is 7.79. The number of hydrogen-bond acceptors (Lipinski definition) is 18. The number of aliphatic hydroxyl groups excluding tert-OH is 2. The van der Waals surface area contributed by atoms with Crippen molar-refractivity contribution in [3.8, 4) is 0 Å². The van der Waals surface area contributed by atoms with E-state index in [4.69, 9.17) is 39.2 Å². The summed E-state index contributed by atoms with van der Waals surface area (Å²) < 4.78 is 10.5. The third-order valence-electron chi connectivity index (χ3n) is 4.68. The molecule has 0 spiro atoms. The van der Waals surface area contributed by atoms with Crippen LogP contribution < -0.4 is 0 Å². The monoisotopic (exact) mass is 792 g/mol. The maximum Gasteiger partial charge on any atom is 0.306 e. The summed E-state index contributed by atoms with van der Waals surface area (Å²) in [5, 5.41) is 20.2. The molecule has 0 aliphatic heterocycles. The van der Waals surface area contributed by atoms with Crippen molar-refractivity contribution < 1.29 is 48.8 Å². The van der Waals surface area contributed by atoms with Gasteiger partial charge in [-0.3, -0.25) is 9.59 Å². The van der Waals surface area contributed by atoms with Crippen LogP contribution in [-0.4, -0.2) is 148 Å². The quantitative estimate of drug-likeness (QED) is 0.0277. The standard InChI is InChI=1S/C27H52O10S8/c28-5-17-38-15-3-26(30)32-9-19-43-24-41-14-2-8-35-37-12-22-45-25-44-20-10-33-27(31)4-16-42-23-40-13-1-7-34-36-11-21-39-18-6-29/h28-29H,1-25H2. The van der Waals surface area contributed by atoms with Gasteiger partial charge in [0.05, 0.1) is 52.5 Å². The van der Waals surface area contributed by atoms with Crippen molar-refractivity contribution in [2.75, 3.05) is 126 Å². The van der Waals surface area contributed by atoms with Gasteiger partial charge in [0.1, 0.15) is 13.2 Å². The second-order valence-electron chi connectivity index (χ2n) is 8.41. The van der Waals surface area contributed by atoms with Gasteiger partial charge in [-0.1, -0.05) is 0 Å². The number of esters is 2. The molecule has 2 N–H and O–H groups in total. The van der Waals surface area contributed by atoms with E-state index in [9.17, 15) is 9.59 Å². The Morgan fingerprint density at radius 2 is 0.756 bits per heavy atom. The molecular formula is C27H52O10S8. The van der Waals surface area contributed by atoms with Crippen LogP contribution in [0.1, 0.15) is 25.7 Å². The summed E-state index contributed by atoms with van der Waals surface area (Å²) in [5.41, 5.74) is 0. The molecule has 0 saturated heterocycles. The van der Waals surface area contributed by atoms with Crippen molar-refractivity contribution >= 4 is 106 Å². The molecule has 0 aromatic rings. The minimum atomic E-state index is -0.170. The molecular weight excluding hydrogens is 741 g/mol. The fraction of sp³-hybridized carbons (Fsp3) is 0.926. The van der Waals surface area contributed by atoms with Crippen LogP contribution in [0.2, 0.25) is 0 Å². The fourth-order valence-electron chi connectivity index (χ4n) is 2.61. The molecule has 0 aliphatic rings. The van der Waals surface area contributed by atoms with Crippen molar-refractivity contribution in [2.45, 2.75) is 25.7 Å². The number of ether oxygens (including phenoxy) is 2. The Bertz CT molecular complexity index is 632. The third-order valence-corrected chi connectivity index (χ3v) is 13.6. The Morgan fingerprint density at radius 3 is 1.24 bits per heavy atom. The average molecular weight is 793 g/mol. The van der Waals surface area contributed by atoms with Gasteiger partial charge in [-0.05, 0) is 24.3 Å². The summed E-state index contributed by atoms with van der Waals surface area (Å²) in [6.07, 6.45) is 2.68. The Morgan fingerprint density at radius 1 is 0.400 bits per heavy atom. The minimum absolute atomic E-state index is 0.134. The first-order chi connectivity index (χ1) is 22.2. The van der Waals surface area contributed by atoms with E-state index in [2.05, 4.69) is 0 Å². The number of aliphatic hydroxyl groups is 2. The van der Waals surface area contributed by atoms with Gasteiger partial charge in [-0.25, -0.2) is 19.6 Å². The zero-order valence-corrected chi connectivity index (χ0v) is 32.6. The van der Waals surface area contributed by atoms with Crippen LogP contribution in [0.3, 0.4) is 0 Å². The molecule has 0 aliphatic carbocycles. The molecule has 0 bridgehead atoms. The predicted molar refractivity (Wildman–Crippen MR) is 202 cm³/mol. The molecule has 0 aromatic carbocycles. The van der Waals surface area contributed by atoms with Crippen molar-refractivity contribution in [1.82, 2.24) is 0 Å². The van der Waals surface area contributed by atoms with Crippen molar-refractivity contribution in [2.24, 2.45) is 0 Å². The minimum Gasteiger partial charge on any atom is -0.465 e. The Kier molecular flexibility index (Phi) is 43.1. The molecule has 0 fully saturated rings. The van der Waals surface area contributed by atoms with Crippen LogP contribution in [0.4, 0.5) is 0 Å². The summed E-state index contributed by atoms with van der Waals surface area (Å²) in [6.45, 7) is 3.46. The topological polar surface area (TPSA) is 130 Å². The number of hydrogen-bond donors (Lipinski definition) is 2. The highest BCUT2D eigenvalue weighted by atomic mass is 32.2. The van der Waals surface area contributed by atoms with Gasteiger partial charge >= 0.3 is 11.9 Å². The maximum absolute atomic E-state index is 11.8. The molecule has 0 unspecified atom stereocenters. The smallest absolute Gasteiger partial charge is 0.306 e. The van der Waals surface area contributed by atoms with Gasteiger partial charge in [0.2, 0.25) is 0 Å². The van der Waals surface area contributed by atoms with E-state index < -0.39 is 0 Å². The molecule has 0 amide bonds. The first-order valence-electron chi connectivity index (χ1n) is 14.8. The van der Waals surface area contributed by atoms with Crippen LogP contribution in [0.5, 0.6) is 0 Å². The predicted octanol–water partition coefficient (Wildman–Crippen LogP) is 5.25. The lowest BCUT2D eigenvalue weighted by Gasteiger charge is -2.06. The number of carbonyl (C=O) groups excluding carboxylic acids is 2. The Balaban J connectivity index is 3.18. The van der Waals surface area contributed by atoms with Crippen molar-refractivity contribution in [3.63, 3.8) is 0 Å². The number of thioether (sulfide) groups is 8. The summed E-state index contributed by atoms with van der Waals surface area (Å²) >= 11 is 13.9. The lowest BCUT2D eigenvalue weighted by Crippen LogP contribution is -2.08. The average Bonchev–Trinajstić information content (AvgIpc) is 3.04. The van der Waals surface area contributed by atoms with Gasteiger partial charge in [0, 0.05) is 61.3 Å². The van der Waals surface area contributed by atoms with Gasteiger partial charge < -0.3 is 19.7 Å². The molecule has 0 aromatic heterocycles. The van der Waals surface area contributed by atoms with Gasteiger partial charge in [-0.2, -0.15) is 58.8 Å². The highest BCUT2D eigenvalue weighted by Crippen LogP contribution is 2.16. The highest BCUT2D eigenvalue weighted by molar-refractivity contribution is 8.16. The largest absolute Gasteiger partial charge is 0.465 e. The summed E-state index contributed by atoms with van der Waals surface area (Å²) in [6, 6.07) is 0. The van der Waals surface area contributed by atoms with E-state index in [0.717, 1.165) is 74.1 Å². The molecule has 0 saturated carbocycles. The van der Waals surface area contributed by atoms with Gasteiger partial charge in [0.15, 0.2) is 0 Å². The third kappa shape index (κ3) is 41.6. The van der Waals surface area contributed by atoms with E-state index >= 15 is 0 Å². The molecule has 268 valence electrons. The number of carbonyl (C=O) groups is 2. The van der Waals surface area contributed by atoms with Crippen LogP contribution in [0, 0.1) is 0 Å². The first kappa shape index (κ1) is 46.5. The van der Waals surface area contributed by atoms with Crippen LogP contribution in [0.15, 0.2) is 0 Å². The first-order valence-corrected chi connectivity index (χ1v) is 24.1. The molecule has 0 radical (unpaired) electrons. The Hall–Kier alpha value is 1.50. The maximum atomic E-state index is 11.8. The zero-order chi connectivity index (χ0) is 32.7. The van der Waals surface area contributed by atoms with Crippen LogP contribution in [-0.2, 0) is 38.6 Å². The molecule has 10 nitrogen and oxygen atoms in total.